The zero-order valence-corrected chi connectivity index (χ0v) is 20.4. The van der Waals surface area contributed by atoms with Gasteiger partial charge in [0.25, 0.3) is 0 Å². The Morgan fingerprint density at radius 3 is 2.66 bits per heavy atom. The van der Waals surface area contributed by atoms with Crippen LogP contribution in [0.4, 0.5) is 0 Å². The highest BCUT2D eigenvalue weighted by molar-refractivity contribution is 6.31. The molecule has 0 aliphatic carbocycles. The second-order valence-corrected chi connectivity index (χ2v) is 8.17. The Morgan fingerprint density at radius 2 is 1.94 bits per heavy atom. The van der Waals surface area contributed by atoms with Gasteiger partial charge in [-0.1, -0.05) is 41.9 Å². The largest absolute Gasteiger partial charge is 0.493 e. The van der Waals surface area contributed by atoms with Gasteiger partial charge in [0.05, 0.1) is 36.3 Å². The van der Waals surface area contributed by atoms with Crippen LogP contribution >= 0.6 is 11.6 Å². The molecule has 0 unspecified atom stereocenters. The second-order valence-electron chi connectivity index (χ2n) is 7.79. The summed E-state index contributed by atoms with van der Waals surface area (Å²) in [4.78, 5) is 12.4. The molecule has 0 spiro atoms. The quantitative estimate of drug-likeness (QED) is 0.258. The maximum Gasteiger partial charge on any atom is 0.307 e. The van der Waals surface area contributed by atoms with Gasteiger partial charge in [0, 0.05) is 0 Å². The number of aryl methyl sites for hydroxylation is 1. The Bertz CT molecular complexity index is 1340. The molecule has 0 aliphatic rings. The van der Waals surface area contributed by atoms with Gasteiger partial charge in [-0.05, 0) is 55.3 Å². The van der Waals surface area contributed by atoms with Crippen molar-refractivity contribution >= 4 is 23.7 Å². The minimum Gasteiger partial charge on any atom is -0.493 e. The predicted octanol–water partition coefficient (Wildman–Crippen LogP) is 5.15. The van der Waals surface area contributed by atoms with E-state index in [1.165, 1.54) is 6.21 Å². The average molecular weight is 493 g/mol. The third-order valence-corrected chi connectivity index (χ3v) is 5.84. The van der Waals surface area contributed by atoms with Crippen molar-refractivity contribution in [1.82, 2.24) is 15.2 Å². The number of amides is 1. The fourth-order valence-electron chi connectivity index (χ4n) is 3.40. The van der Waals surface area contributed by atoms with E-state index in [0.29, 0.717) is 35.4 Å². The van der Waals surface area contributed by atoms with Gasteiger partial charge >= 0.3 is 5.91 Å². The van der Waals surface area contributed by atoms with Gasteiger partial charge in [0.1, 0.15) is 12.4 Å². The molecule has 0 saturated carbocycles. The number of hydrazone groups is 1. The van der Waals surface area contributed by atoms with E-state index >= 15 is 0 Å². The van der Waals surface area contributed by atoms with E-state index in [2.05, 4.69) is 15.6 Å². The molecular formula is C26H25ClN4O4. The number of benzene rings is 2. The molecule has 1 N–H and O–H groups in total. The Morgan fingerprint density at radius 1 is 1.14 bits per heavy atom. The summed E-state index contributed by atoms with van der Waals surface area (Å²) in [5, 5.41) is 9.02. The number of carbonyl (C=O) groups is 1. The molecule has 0 aliphatic heterocycles. The molecule has 2 heterocycles. The summed E-state index contributed by atoms with van der Waals surface area (Å²) < 4.78 is 18.7. The first-order valence-electron chi connectivity index (χ1n) is 10.9. The van der Waals surface area contributed by atoms with Crippen LogP contribution in [0.5, 0.6) is 11.5 Å². The van der Waals surface area contributed by atoms with Crippen molar-refractivity contribution < 1.29 is 18.7 Å². The number of furan rings is 1. The first-order chi connectivity index (χ1) is 16.9. The number of hydrogen-bond donors (Lipinski definition) is 1. The topological polar surface area (TPSA) is 90.9 Å². The number of nitrogens with zero attached hydrogens (tertiary/aromatic N) is 3. The molecule has 0 bridgehead atoms. The Kier molecular flexibility index (Phi) is 7.52. The van der Waals surface area contributed by atoms with Crippen LogP contribution in [-0.2, 0) is 13.2 Å². The van der Waals surface area contributed by atoms with Crippen LogP contribution in [-0.4, -0.2) is 29.0 Å². The van der Waals surface area contributed by atoms with Crippen LogP contribution in [0.25, 0.3) is 0 Å². The van der Waals surface area contributed by atoms with Gasteiger partial charge in [-0.3, -0.25) is 9.48 Å². The van der Waals surface area contributed by atoms with Crippen LogP contribution < -0.4 is 14.9 Å². The van der Waals surface area contributed by atoms with Crippen LogP contribution in [0, 0.1) is 13.8 Å². The second kappa shape index (κ2) is 10.9. The molecule has 180 valence electrons. The van der Waals surface area contributed by atoms with Crippen molar-refractivity contribution in [3.8, 4) is 11.5 Å². The van der Waals surface area contributed by atoms with Crippen LogP contribution in [0.15, 0.2) is 70.2 Å². The number of rotatable bonds is 9. The maximum absolute atomic E-state index is 12.4. The third-order valence-electron chi connectivity index (χ3n) is 5.29. The Labute approximate surface area is 208 Å². The van der Waals surface area contributed by atoms with Gasteiger partial charge in [-0.25, -0.2) is 5.43 Å². The van der Waals surface area contributed by atoms with Crippen LogP contribution in [0.1, 0.15) is 38.8 Å². The summed E-state index contributed by atoms with van der Waals surface area (Å²) in [6.07, 6.45) is 1.52. The van der Waals surface area contributed by atoms with Crippen molar-refractivity contribution in [3.63, 3.8) is 0 Å². The Balaban J connectivity index is 1.34. The van der Waals surface area contributed by atoms with Gasteiger partial charge < -0.3 is 13.9 Å². The number of carbonyl (C=O) groups excluding carboxylic acids is 1. The summed E-state index contributed by atoms with van der Waals surface area (Å²) in [6.45, 7) is 4.52. The van der Waals surface area contributed by atoms with Crippen molar-refractivity contribution in [2.24, 2.45) is 5.10 Å². The fourth-order valence-corrected chi connectivity index (χ4v) is 3.54. The van der Waals surface area contributed by atoms with Gasteiger partial charge in [-0.15, -0.1) is 0 Å². The monoisotopic (exact) mass is 492 g/mol. The summed E-state index contributed by atoms with van der Waals surface area (Å²) in [5.41, 5.74) is 5.84. The number of nitrogens with one attached hydrogen (secondary N) is 1. The van der Waals surface area contributed by atoms with E-state index in [4.69, 9.17) is 25.5 Å². The normalized spacial score (nSPS) is 11.1. The molecule has 9 heteroatoms. The fraction of sp³-hybridized carbons (Fsp3) is 0.192. The lowest BCUT2D eigenvalue weighted by Crippen LogP contribution is -2.16. The van der Waals surface area contributed by atoms with E-state index in [1.807, 2.05) is 50.2 Å². The lowest BCUT2D eigenvalue weighted by molar-refractivity contribution is 0.0925. The molecular weight excluding hydrogens is 468 g/mol. The van der Waals surface area contributed by atoms with E-state index in [1.54, 1.807) is 36.1 Å². The lowest BCUT2D eigenvalue weighted by Gasteiger charge is -2.11. The van der Waals surface area contributed by atoms with Gasteiger partial charge in [-0.2, -0.15) is 10.2 Å². The number of halogens is 1. The zero-order valence-electron chi connectivity index (χ0n) is 19.6. The van der Waals surface area contributed by atoms with E-state index in [-0.39, 0.29) is 5.76 Å². The molecule has 35 heavy (non-hydrogen) atoms. The first kappa shape index (κ1) is 24.1. The van der Waals surface area contributed by atoms with Crippen LogP contribution in [0.2, 0.25) is 5.02 Å². The molecule has 8 nitrogen and oxygen atoms in total. The van der Waals surface area contributed by atoms with Crippen molar-refractivity contribution in [2.45, 2.75) is 27.0 Å². The van der Waals surface area contributed by atoms with E-state index < -0.39 is 5.91 Å². The average Bonchev–Trinajstić information content (AvgIpc) is 3.44. The minimum absolute atomic E-state index is 0.145. The van der Waals surface area contributed by atoms with Crippen LogP contribution in [0.3, 0.4) is 0 Å². The van der Waals surface area contributed by atoms with Crippen molar-refractivity contribution in [1.29, 1.82) is 0 Å². The van der Waals surface area contributed by atoms with E-state index in [9.17, 15) is 4.79 Å². The molecule has 0 fully saturated rings. The number of methoxy groups -OCH3 is 1. The van der Waals surface area contributed by atoms with Crippen molar-refractivity contribution in [3.05, 3.63) is 99.7 Å². The minimum atomic E-state index is -0.464. The molecule has 0 atom stereocenters. The number of aromatic nitrogens is 2. The smallest absolute Gasteiger partial charge is 0.307 e. The maximum atomic E-state index is 12.4. The van der Waals surface area contributed by atoms with Gasteiger partial charge in [0.2, 0.25) is 0 Å². The summed E-state index contributed by atoms with van der Waals surface area (Å²) in [6, 6.07) is 18.6. The summed E-state index contributed by atoms with van der Waals surface area (Å²) in [5.74, 6) is 1.44. The highest BCUT2D eigenvalue weighted by atomic mass is 35.5. The number of ether oxygens (including phenoxy) is 2. The third kappa shape index (κ3) is 5.91. The zero-order chi connectivity index (χ0) is 24.8. The highest BCUT2D eigenvalue weighted by Gasteiger charge is 2.14. The predicted molar refractivity (Wildman–Crippen MR) is 133 cm³/mol. The Hall–Kier alpha value is -4.04. The molecule has 4 rings (SSSR count). The SMILES string of the molecule is COc1cc(C=NNC(=O)c2ccc(Cn3nc(C)c(Cl)c3C)o2)ccc1OCc1ccccc1. The van der Waals surface area contributed by atoms with E-state index in [0.717, 1.165) is 22.5 Å². The number of hydrogen-bond acceptors (Lipinski definition) is 6. The molecule has 4 aromatic rings. The van der Waals surface area contributed by atoms with Gasteiger partial charge in [0.15, 0.2) is 17.3 Å². The standard InChI is InChI=1S/C26H25ClN4O4/c1-17-25(27)18(2)31(30-17)15-21-10-12-23(35-21)26(32)29-28-14-20-9-11-22(24(13-20)33-3)34-16-19-7-5-4-6-8-19/h4-14H,15-16H2,1-3H3,(H,29,32). The molecule has 0 saturated heterocycles. The molecule has 2 aromatic heterocycles. The highest BCUT2D eigenvalue weighted by Crippen LogP contribution is 2.28. The lowest BCUT2D eigenvalue weighted by atomic mass is 10.2. The summed E-state index contributed by atoms with van der Waals surface area (Å²) >= 11 is 6.19. The molecule has 2 aromatic carbocycles. The van der Waals surface area contributed by atoms with Crippen molar-refractivity contribution in [2.75, 3.05) is 7.11 Å². The summed E-state index contributed by atoms with van der Waals surface area (Å²) in [7, 11) is 1.57. The molecule has 0 radical (unpaired) electrons. The molecule has 1 amide bonds. The first-order valence-corrected chi connectivity index (χ1v) is 11.3.